The van der Waals surface area contributed by atoms with Gasteiger partial charge in [0.05, 0.1) is 6.26 Å². The van der Waals surface area contributed by atoms with Crippen LogP contribution in [0, 0.1) is 6.92 Å². The molecule has 0 spiro atoms. The monoisotopic (exact) mass is 278 g/mol. The molecule has 0 bridgehead atoms. The number of rotatable bonds is 5. The number of hydrogen-bond donors (Lipinski definition) is 0. The van der Waals surface area contributed by atoms with E-state index in [0.717, 1.165) is 12.0 Å². The number of para-hydroxylation sites is 1. The van der Waals surface area contributed by atoms with Crippen molar-refractivity contribution in [2.45, 2.75) is 39.5 Å². The Hall–Kier alpha value is -2.02. The van der Waals surface area contributed by atoms with Crippen LogP contribution in [0.2, 0.25) is 0 Å². The van der Waals surface area contributed by atoms with Gasteiger partial charge < -0.3 is 4.42 Å². The van der Waals surface area contributed by atoms with E-state index in [4.69, 9.17) is 4.42 Å². The number of furan rings is 1. The number of hydrogen-bond acceptors (Lipinski definition) is 1. The molecular weight excluding hydrogens is 256 g/mol. The van der Waals surface area contributed by atoms with Crippen LogP contribution in [-0.2, 0) is 12.8 Å². The standard InChI is InChI=1S/C20H22O/c1-3-4-9-16-10-7-8-15(2)19(16)13-17-14-21-20-12-6-5-11-18(17)20/h5-8,10-12,14H,3-4,9,13H2,1-2H3. The highest BCUT2D eigenvalue weighted by atomic mass is 16.3. The SMILES string of the molecule is CCCCc1cccc(C)c1Cc1coc2ccccc12. The lowest BCUT2D eigenvalue weighted by atomic mass is 9.93. The molecule has 0 aliphatic rings. The molecule has 1 heteroatoms. The molecule has 0 aliphatic heterocycles. The van der Waals surface area contributed by atoms with Crippen molar-refractivity contribution < 1.29 is 4.42 Å². The molecule has 0 N–H and O–H groups in total. The van der Waals surface area contributed by atoms with Crippen molar-refractivity contribution in [3.05, 3.63) is 71.0 Å². The maximum Gasteiger partial charge on any atom is 0.134 e. The summed E-state index contributed by atoms with van der Waals surface area (Å²) in [5.41, 5.74) is 6.61. The number of unbranched alkanes of at least 4 members (excludes halogenated alkanes) is 1. The van der Waals surface area contributed by atoms with Crippen molar-refractivity contribution in [2.75, 3.05) is 0 Å². The first kappa shape index (κ1) is 13.9. The number of benzene rings is 2. The van der Waals surface area contributed by atoms with E-state index in [1.807, 2.05) is 18.4 Å². The predicted molar refractivity (Wildman–Crippen MR) is 88.8 cm³/mol. The van der Waals surface area contributed by atoms with E-state index in [1.54, 1.807) is 0 Å². The predicted octanol–water partition coefficient (Wildman–Crippen LogP) is 5.67. The molecule has 0 aliphatic carbocycles. The van der Waals surface area contributed by atoms with Crippen LogP contribution >= 0.6 is 0 Å². The molecule has 0 radical (unpaired) electrons. The summed E-state index contributed by atoms with van der Waals surface area (Å²) >= 11 is 0. The maximum atomic E-state index is 5.68. The zero-order valence-corrected chi connectivity index (χ0v) is 12.9. The van der Waals surface area contributed by atoms with Crippen LogP contribution in [0.5, 0.6) is 0 Å². The first-order valence-electron chi connectivity index (χ1n) is 7.82. The van der Waals surface area contributed by atoms with Gasteiger partial charge in [0.15, 0.2) is 0 Å². The summed E-state index contributed by atoms with van der Waals surface area (Å²) in [6, 6.07) is 15.0. The van der Waals surface area contributed by atoms with Crippen LogP contribution in [0.25, 0.3) is 11.0 Å². The maximum absolute atomic E-state index is 5.68. The van der Waals surface area contributed by atoms with Crippen LogP contribution in [0.15, 0.2) is 53.1 Å². The highest BCUT2D eigenvalue weighted by molar-refractivity contribution is 5.81. The van der Waals surface area contributed by atoms with Crippen LogP contribution in [-0.4, -0.2) is 0 Å². The van der Waals surface area contributed by atoms with Crippen molar-refractivity contribution in [3.8, 4) is 0 Å². The Kier molecular flexibility index (Phi) is 4.10. The Morgan fingerprint density at radius 2 is 1.81 bits per heavy atom. The Morgan fingerprint density at radius 3 is 2.67 bits per heavy atom. The molecule has 3 rings (SSSR count). The van der Waals surface area contributed by atoms with Crippen molar-refractivity contribution >= 4 is 11.0 Å². The number of aryl methyl sites for hydroxylation is 2. The van der Waals surface area contributed by atoms with E-state index in [0.29, 0.717) is 0 Å². The van der Waals surface area contributed by atoms with Crippen LogP contribution in [0.4, 0.5) is 0 Å². The molecule has 3 aromatic rings. The van der Waals surface area contributed by atoms with Crippen molar-refractivity contribution in [3.63, 3.8) is 0 Å². The Balaban J connectivity index is 1.97. The molecule has 0 saturated carbocycles. The zero-order valence-electron chi connectivity index (χ0n) is 12.9. The van der Waals surface area contributed by atoms with Crippen LogP contribution in [0.3, 0.4) is 0 Å². The van der Waals surface area contributed by atoms with Gasteiger partial charge in [-0.2, -0.15) is 0 Å². The fraction of sp³-hybridized carbons (Fsp3) is 0.300. The lowest BCUT2D eigenvalue weighted by molar-refractivity contribution is 0.611. The molecule has 0 unspecified atom stereocenters. The van der Waals surface area contributed by atoms with Gasteiger partial charge in [0.25, 0.3) is 0 Å². The van der Waals surface area contributed by atoms with Gasteiger partial charge in [-0.1, -0.05) is 49.7 Å². The second-order valence-corrected chi connectivity index (χ2v) is 5.75. The summed E-state index contributed by atoms with van der Waals surface area (Å²) in [5.74, 6) is 0. The molecule has 21 heavy (non-hydrogen) atoms. The van der Waals surface area contributed by atoms with Gasteiger partial charge in [-0.3, -0.25) is 0 Å². The second kappa shape index (κ2) is 6.17. The smallest absolute Gasteiger partial charge is 0.134 e. The van der Waals surface area contributed by atoms with E-state index in [2.05, 4.69) is 44.2 Å². The molecule has 2 aromatic carbocycles. The summed E-state index contributed by atoms with van der Waals surface area (Å²) in [5, 5.41) is 1.24. The van der Waals surface area contributed by atoms with Crippen molar-refractivity contribution in [2.24, 2.45) is 0 Å². The molecule has 108 valence electrons. The average molecular weight is 278 g/mol. The first-order valence-corrected chi connectivity index (χ1v) is 7.82. The van der Waals surface area contributed by atoms with E-state index in [1.165, 1.54) is 46.9 Å². The third kappa shape index (κ3) is 2.87. The molecule has 0 fully saturated rings. The highest BCUT2D eigenvalue weighted by Crippen LogP contribution is 2.26. The molecule has 0 amide bonds. The third-order valence-corrected chi connectivity index (χ3v) is 4.24. The Morgan fingerprint density at radius 1 is 0.952 bits per heavy atom. The molecular formula is C20H22O. The second-order valence-electron chi connectivity index (χ2n) is 5.75. The molecule has 1 heterocycles. The summed E-state index contributed by atoms with van der Waals surface area (Å²) in [7, 11) is 0. The minimum absolute atomic E-state index is 0.961. The van der Waals surface area contributed by atoms with Gasteiger partial charge in [-0.15, -0.1) is 0 Å². The van der Waals surface area contributed by atoms with E-state index >= 15 is 0 Å². The fourth-order valence-corrected chi connectivity index (χ4v) is 2.98. The summed E-state index contributed by atoms with van der Waals surface area (Å²) in [6.07, 6.45) is 6.54. The lowest BCUT2D eigenvalue weighted by Crippen LogP contribution is -1.98. The zero-order chi connectivity index (χ0) is 14.7. The summed E-state index contributed by atoms with van der Waals surface area (Å²) < 4.78 is 5.68. The Labute approximate surface area is 126 Å². The quantitative estimate of drug-likeness (QED) is 0.585. The van der Waals surface area contributed by atoms with Gasteiger partial charge in [0.2, 0.25) is 0 Å². The molecule has 1 nitrogen and oxygen atoms in total. The van der Waals surface area contributed by atoms with Crippen LogP contribution < -0.4 is 0 Å². The molecule has 1 aromatic heterocycles. The van der Waals surface area contributed by atoms with Crippen molar-refractivity contribution in [1.82, 2.24) is 0 Å². The van der Waals surface area contributed by atoms with Gasteiger partial charge in [-0.25, -0.2) is 0 Å². The van der Waals surface area contributed by atoms with E-state index < -0.39 is 0 Å². The molecule has 0 atom stereocenters. The normalized spacial score (nSPS) is 11.1. The van der Waals surface area contributed by atoms with Crippen LogP contribution in [0.1, 0.15) is 42.0 Å². The Bertz CT molecular complexity index is 736. The number of fused-ring (bicyclic) bond motifs is 1. The highest BCUT2D eigenvalue weighted by Gasteiger charge is 2.10. The third-order valence-electron chi connectivity index (χ3n) is 4.24. The van der Waals surface area contributed by atoms with E-state index in [9.17, 15) is 0 Å². The van der Waals surface area contributed by atoms with Gasteiger partial charge in [-0.05, 0) is 42.5 Å². The molecule has 0 saturated heterocycles. The van der Waals surface area contributed by atoms with Gasteiger partial charge >= 0.3 is 0 Å². The first-order chi connectivity index (χ1) is 10.3. The minimum Gasteiger partial charge on any atom is -0.464 e. The largest absolute Gasteiger partial charge is 0.464 e. The fourth-order valence-electron chi connectivity index (χ4n) is 2.98. The van der Waals surface area contributed by atoms with E-state index in [-0.39, 0.29) is 0 Å². The summed E-state index contributed by atoms with van der Waals surface area (Å²) in [6.45, 7) is 4.46. The van der Waals surface area contributed by atoms with Gasteiger partial charge in [0.1, 0.15) is 5.58 Å². The van der Waals surface area contributed by atoms with Gasteiger partial charge in [0, 0.05) is 17.4 Å². The van der Waals surface area contributed by atoms with Crippen molar-refractivity contribution in [1.29, 1.82) is 0 Å². The topological polar surface area (TPSA) is 13.1 Å². The lowest BCUT2D eigenvalue weighted by Gasteiger charge is -2.12. The minimum atomic E-state index is 0.961. The summed E-state index contributed by atoms with van der Waals surface area (Å²) in [4.78, 5) is 0. The average Bonchev–Trinajstić information content (AvgIpc) is 2.91.